The van der Waals surface area contributed by atoms with Crippen molar-refractivity contribution in [3.05, 3.63) is 48.0 Å². The maximum Gasteiger partial charge on any atom is -0.00174 e. The van der Waals surface area contributed by atoms with Crippen LogP contribution in [0.15, 0.2) is 42.5 Å². The number of nitrogens with one attached hydrogen (secondary N) is 1. The highest BCUT2D eigenvalue weighted by molar-refractivity contribution is 5.14. The van der Waals surface area contributed by atoms with Crippen LogP contribution >= 0.6 is 0 Å². The number of allylic oxidation sites excluding steroid dienone is 2. The lowest BCUT2D eigenvalue weighted by atomic mass is 9.94. The summed E-state index contributed by atoms with van der Waals surface area (Å²) in [7, 11) is 0. The van der Waals surface area contributed by atoms with Gasteiger partial charge < -0.3 is 5.32 Å². The maximum absolute atomic E-state index is 3.61. The van der Waals surface area contributed by atoms with Crippen LogP contribution in [0.25, 0.3) is 0 Å². The lowest BCUT2D eigenvalue weighted by molar-refractivity contribution is 0.437. The zero-order valence-electron chi connectivity index (χ0n) is 11.3. The number of hydrogen-bond donors (Lipinski definition) is 1. The van der Waals surface area contributed by atoms with Gasteiger partial charge in [-0.1, -0.05) is 42.5 Å². The summed E-state index contributed by atoms with van der Waals surface area (Å²) in [5, 5.41) is 3.61. The smallest absolute Gasteiger partial charge is 0.00174 e. The van der Waals surface area contributed by atoms with Gasteiger partial charge in [-0.25, -0.2) is 0 Å². The Labute approximate surface area is 111 Å². The molecule has 0 heterocycles. The van der Waals surface area contributed by atoms with E-state index in [1.165, 1.54) is 57.2 Å². The Bertz CT molecular complexity index is 342. The van der Waals surface area contributed by atoms with E-state index >= 15 is 0 Å². The fourth-order valence-electron chi connectivity index (χ4n) is 2.57. The van der Waals surface area contributed by atoms with E-state index in [9.17, 15) is 0 Å². The van der Waals surface area contributed by atoms with Crippen molar-refractivity contribution in [3.8, 4) is 0 Å². The monoisotopic (exact) mass is 243 g/mol. The van der Waals surface area contributed by atoms with Gasteiger partial charge in [0.25, 0.3) is 0 Å². The van der Waals surface area contributed by atoms with Crippen molar-refractivity contribution in [1.82, 2.24) is 5.32 Å². The molecular weight excluding hydrogens is 218 g/mol. The van der Waals surface area contributed by atoms with Crippen molar-refractivity contribution in [2.45, 2.75) is 38.5 Å². The molecule has 18 heavy (non-hydrogen) atoms. The predicted octanol–water partition coefficient (Wildman–Crippen LogP) is 3.96. The fraction of sp³-hybridized carbons (Fsp3) is 0.529. The highest BCUT2D eigenvalue weighted by Crippen LogP contribution is 2.16. The normalized spacial score (nSPS) is 19.0. The Balaban J connectivity index is 1.48. The minimum Gasteiger partial charge on any atom is -0.316 e. The number of benzene rings is 1. The topological polar surface area (TPSA) is 12.0 Å². The van der Waals surface area contributed by atoms with Crippen molar-refractivity contribution in [1.29, 1.82) is 0 Å². The Morgan fingerprint density at radius 2 is 1.94 bits per heavy atom. The summed E-state index contributed by atoms with van der Waals surface area (Å²) in [6.07, 6.45) is 12.4. The predicted molar refractivity (Wildman–Crippen MR) is 78.7 cm³/mol. The molecule has 0 saturated carbocycles. The van der Waals surface area contributed by atoms with Gasteiger partial charge in [0.2, 0.25) is 0 Å². The minimum absolute atomic E-state index is 0.879. The second-order valence-electron chi connectivity index (χ2n) is 5.30. The van der Waals surface area contributed by atoms with Crippen molar-refractivity contribution >= 4 is 0 Å². The Kier molecular flexibility index (Phi) is 6.01. The molecule has 0 amide bonds. The van der Waals surface area contributed by atoms with Crippen molar-refractivity contribution in [3.63, 3.8) is 0 Å². The molecule has 0 aliphatic heterocycles. The quantitative estimate of drug-likeness (QED) is 0.564. The third-order valence-corrected chi connectivity index (χ3v) is 3.72. The summed E-state index contributed by atoms with van der Waals surface area (Å²) in [6.45, 7) is 2.38. The molecule has 1 aliphatic carbocycles. The number of hydrogen-bond acceptors (Lipinski definition) is 1. The van der Waals surface area contributed by atoms with Gasteiger partial charge >= 0.3 is 0 Å². The van der Waals surface area contributed by atoms with E-state index in [1.54, 1.807) is 0 Å². The Morgan fingerprint density at radius 3 is 2.72 bits per heavy atom. The van der Waals surface area contributed by atoms with Crippen LogP contribution in [0.5, 0.6) is 0 Å². The average molecular weight is 243 g/mol. The highest BCUT2D eigenvalue weighted by atomic mass is 14.8. The SMILES string of the molecule is C1=CCC(CNCCCCc2ccccc2)CC1. The molecule has 1 nitrogen and oxygen atoms in total. The average Bonchev–Trinajstić information content (AvgIpc) is 2.45. The van der Waals surface area contributed by atoms with Crippen LogP contribution in [0, 0.1) is 5.92 Å². The first-order valence-electron chi connectivity index (χ1n) is 7.35. The molecule has 1 aromatic carbocycles. The second-order valence-corrected chi connectivity index (χ2v) is 5.30. The van der Waals surface area contributed by atoms with Crippen molar-refractivity contribution in [2.75, 3.05) is 13.1 Å². The van der Waals surface area contributed by atoms with Crippen LogP contribution in [0.1, 0.15) is 37.7 Å². The standard InChI is InChI=1S/C17H25N/c1-3-9-16(10-4-1)11-7-8-14-18-15-17-12-5-2-6-13-17/h1-5,9-10,17-18H,6-8,11-15H2. The van der Waals surface area contributed by atoms with Gasteiger partial charge in [0, 0.05) is 0 Å². The molecule has 98 valence electrons. The summed E-state index contributed by atoms with van der Waals surface area (Å²) in [4.78, 5) is 0. The molecule has 1 aliphatic rings. The summed E-state index contributed by atoms with van der Waals surface area (Å²) < 4.78 is 0. The lowest BCUT2D eigenvalue weighted by Crippen LogP contribution is -2.24. The van der Waals surface area contributed by atoms with Gasteiger partial charge in [0.05, 0.1) is 0 Å². The molecule has 0 bridgehead atoms. The largest absolute Gasteiger partial charge is 0.316 e. The number of unbranched alkanes of at least 4 members (excludes halogenated alkanes) is 1. The molecule has 0 fully saturated rings. The Morgan fingerprint density at radius 1 is 1.06 bits per heavy atom. The van der Waals surface area contributed by atoms with E-state index in [4.69, 9.17) is 0 Å². The zero-order valence-corrected chi connectivity index (χ0v) is 11.3. The van der Waals surface area contributed by atoms with Gasteiger partial charge in [0.15, 0.2) is 0 Å². The third-order valence-electron chi connectivity index (χ3n) is 3.72. The van der Waals surface area contributed by atoms with Gasteiger partial charge in [-0.05, 0) is 63.1 Å². The molecule has 0 radical (unpaired) electrons. The maximum atomic E-state index is 3.61. The molecule has 0 spiro atoms. The molecule has 1 N–H and O–H groups in total. The van der Waals surface area contributed by atoms with Gasteiger partial charge in [-0.15, -0.1) is 0 Å². The fourth-order valence-corrected chi connectivity index (χ4v) is 2.57. The van der Waals surface area contributed by atoms with Crippen LogP contribution < -0.4 is 5.32 Å². The van der Waals surface area contributed by atoms with E-state index in [-0.39, 0.29) is 0 Å². The summed E-state index contributed by atoms with van der Waals surface area (Å²) in [5.74, 6) is 0.879. The van der Waals surface area contributed by atoms with Crippen LogP contribution in [0.2, 0.25) is 0 Å². The third kappa shape index (κ3) is 5.05. The lowest BCUT2D eigenvalue weighted by Gasteiger charge is -2.18. The first-order chi connectivity index (χ1) is 8.95. The first-order valence-corrected chi connectivity index (χ1v) is 7.35. The molecule has 0 aromatic heterocycles. The molecule has 1 atom stereocenters. The molecular formula is C17H25N. The molecule has 2 rings (SSSR count). The summed E-state index contributed by atoms with van der Waals surface area (Å²) in [6, 6.07) is 10.8. The molecule has 0 saturated heterocycles. The molecule has 1 unspecified atom stereocenters. The van der Waals surface area contributed by atoms with Crippen LogP contribution in [0.4, 0.5) is 0 Å². The van der Waals surface area contributed by atoms with Crippen molar-refractivity contribution in [2.24, 2.45) is 5.92 Å². The van der Waals surface area contributed by atoms with E-state index in [2.05, 4.69) is 47.8 Å². The van der Waals surface area contributed by atoms with E-state index in [1.807, 2.05) is 0 Å². The summed E-state index contributed by atoms with van der Waals surface area (Å²) >= 11 is 0. The number of aryl methyl sites for hydroxylation is 1. The van der Waals surface area contributed by atoms with Crippen LogP contribution in [-0.4, -0.2) is 13.1 Å². The van der Waals surface area contributed by atoms with Crippen molar-refractivity contribution < 1.29 is 0 Å². The van der Waals surface area contributed by atoms with Gasteiger partial charge in [0.1, 0.15) is 0 Å². The summed E-state index contributed by atoms with van der Waals surface area (Å²) in [5.41, 5.74) is 1.47. The van der Waals surface area contributed by atoms with Crippen LogP contribution in [0.3, 0.4) is 0 Å². The van der Waals surface area contributed by atoms with E-state index in [0.29, 0.717) is 0 Å². The van der Waals surface area contributed by atoms with Gasteiger partial charge in [-0.2, -0.15) is 0 Å². The second kappa shape index (κ2) is 8.10. The van der Waals surface area contributed by atoms with E-state index in [0.717, 1.165) is 5.92 Å². The zero-order chi connectivity index (χ0) is 12.5. The van der Waals surface area contributed by atoms with Crippen LogP contribution in [-0.2, 0) is 6.42 Å². The number of rotatable bonds is 7. The Hall–Kier alpha value is -1.08. The molecule has 1 aromatic rings. The van der Waals surface area contributed by atoms with Gasteiger partial charge in [-0.3, -0.25) is 0 Å². The molecule has 1 heteroatoms. The van der Waals surface area contributed by atoms with E-state index < -0.39 is 0 Å². The first kappa shape index (κ1) is 13.4. The highest BCUT2D eigenvalue weighted by Gasteiger charge is 2.08. The minimum atomic E-state index is 0.879.